The van der Waals surface area contributed by atoms with Gasteiger partial charge in [-0.25, -0.2) is 0 Å². The van der Waals surface area contributed by atoms with Gasteiger partial charge in [0.2, 0.25) is 0 Å². The smallest absolute Gasteiger partial charge is 0.0488 e. The van der Waals surface area contributed by atoms with E-state index >= 15 is 0 Å². The van der Waals surface area contributed by atoms with Gasteiger partial charge in [-0.05, 0) is 37.9 Å². The van der Waals surface area contributed by atoms with E-state index < -0.39 is 10.8 Å². The average Bonchev–Trinajstić information content (AvgIpc) is 2.29. The first-order chi connectivity index (χ1) is 8.13. The SMILES string of the molecule is CCCNC(C)CS(=O)Cc1ccccc1C. The maximum absolute atomic E-state index is 12.0. The number of rotatable bonds is 7. The number of nitrogens with one attached hydrogen (secondary N) is 1. The molecule has 0 spiro atoms. The molecule has 0 aliphatic carbocycles. The standard InChI is InChI=1S/C14H23NOS/c1-4-9-15-13(3)10-17(16)11-14-8-6-5-7-12(14)2/h5-8,13,15H,4,9-11H2,1-3H3. The highest BCUT2D eigenvalue weighted by Crippen LogP contribution is 2.10. The van der Waals surface area contributed by atoms with Crippen molar-refractivity contribution >= 4 is 10.8 Å². The van der Waals surface area contributed by atoms with Gasteiger partial charge in [-0.2, -0.15) is 0 Å². The van der Waals surface area contributed by atoms with Crippen LogP contribution in [0.4, 0.5) is 0 Å². The molecule has 0 aromatic heterocycles. The first-order valence-electron chi connectivity index (χ1n) is 6.26. The molecule has 0 amide bonds. The van der Waals surface area contributed by atoms with Crippen LogP contribution in [0.5, 0.6) is 0 Å². The lowest BCUT2D eigenvalue weighted by molar-refractivity contribution is 0.582. The van der Waals surface area contributed by atoms with Crippen molar-refractivity contribution < 1.29 is 4.21 Å². The lowest BCUT2D eigenvalue weighted by Gasteiger charge is -2.13. The van der Waals surface area contributed by atoms with Crippen LogP contribution in [0.2, 0.25) is 0 Å². The summed E-state index contributed by atoms with van der Waals surface area (Å²) in [6.45, 7) is 7.32. The Morgan fingerprint density at radius 3 is 2.71 bits per heavy atom. The van der Waals surface area contributed by atoms with Gasteiger partial charge < -0.3 is 5.32 Å². The Morgan fingerprint density at radius 1 is 1.35 bits per heavy atom. The van der Waals surface area contributed by atoms with Crippen LogP contribution in [0.25, 0.3) is 0 Å². The molecule has 0 fully saturated rings. The average molecular weight is 253 g/mol. The summed E-state index contributed by atoms with van der Waals surface area (Å²) in [5.74, 6) is 1.40. The molecule has 96 valence electrons. The topological polar surface area (TPSA) is 29.1 Å². The quantitative estimate of drug-likeness (QED) is 0.809. The maximum atomic E-state index is 12.0. The lowest BCUT2D eigenvalue weighted by Crippen LogP contribution is -2.32. The predicted octanol–water partition coefficient (Wildman–Crippen LogP) is 2.63. The van der Waals surface area contributed by atoms with Crippen molar-refractivity contribution in [1.82, 2.24) is 5.32 Å². The molecule has 1 N–H and O–H groups in total. The fraction of sp³-hybridized carbons (Fsp3) is 0.571. The zero-order valence-electron chi connectivity index (χ0n) is 11.0. The fourth-order valence-electron chi connectivity index (χ4n) is 1.73. The zero-order valence-corrected chi connectivity index (χ0v) is 11.8. The van der Waals surface area contributed by atoms with Gasteiger partial charge >= 0.3 is 0 Å². The molecule has 2 nitrogen and oxygen atoms in total. The van der Waals surface area contributed by atoms with E-state index in [1.807, 2.05) is 12.1 Å². The Balaban J connectivity index is 2.42. The second-order valence-electron chi connectivity index (χ2n) is 4.53. The summed E-state index contributed by atoms with van der Waals surface area (Å²) >= 11 is 0. The van der Waals surface area contributed by atoms with Gasteiger partial charge in [0.1, 0.15) is 0 Å². The molecule has 2 unspecified atom stereocenters. The van der Waals surface area contributed by atoms with Crippen molar-refractivity contribution in [3.8, 4) is 0 Å². The second kappa shape index (κ2) is 7.62. The highest BCUT2D eigenvalue weighted by molar-refractivity contribution is 7.84. The summed E-state index contributed by atoms with van der Waals surface area (Å²) in [5, 5.41) is 3.37. The molecule has 1 rings (SSSR count). The summed E-state index contributed by atoms with van der Waals surface area (Å²) in [6, 6.07) is 8.51. The molecule has 1 aromatic rings. The van der Waals surface area contributed by atoms with Gasteiger partial charge in [0.15, 0.2) is 0 Å². The van der Waals surface area contributed by atoms with Crippen LogP contribution in [0.1, 0.15) is 31.4 Å². The number of hydrogen-bond acceptors (Lipinski definition) is 2. The Morgan fingerprint density at radius 2 is 2.06 bits per heavy atom. The Labute approximate surface area is 107 Å². The summed E-state index contributed by atoms with van der Waals surface area (Å²) in [4.78, 5) is 0. The van der Waals surface area contributed by atoms with Crippen LogP contribution in [-0.2, 0) is 16.6 Å². The second-order valence-corrected chi connectivity index (χ2v) is 6.03. The van der Waals surface area contributed by atoms with Crippen molar-refractivity contribution in [1.29, 1.82) is 0 Å². The van der Waals surface area contributed by atoms with E-state index in [-0.39, 0.29) is 0 Å². The maximum Gasteiger partial charge on any atom is 0.0488 e. The summed E-state index contributed by atoms with van der Waals surface area (Å²) in [6.07, 6.45) is 1.12. The van der Waals surface area contributed by atoms with Crippen molar-refractivity contribution in [3.63, 3.8) is 0 Å². The molecule has 17 heavy (non-hydrogen) atoms. The molecule has 0 aliphatic rings. The predicted molar refractivity (Wildman–Crippen MR) is 75.6 cm³/mol. The van der Waals surface area contributed by atoms with Gasteiger partial charge in [0, 0.05) is 28.3 Å². The summed E-state index contributed by atoms with van der Waals surface area (Å²) in [7, 11) is -0.777. The van der Waals surface area contributed by atoms with Crippen molar-refractivity contribution in [3.05, 3.63) is 35.4 Å². The molecule has 0 saturated carbocycles. The minimum atomic E-state index is -0.777. The highest BCUT2D eigenvalue weighted by Gasteiger charge is 2.08. The Kier molecular flexibility index (Phi) is 6.45. The van der Waals surface area contributed by atoms with E-state index in [0.717, 1.165) is 18.7 Å². The van der Waals surface area contributed by atoms with Crippen LogP contribution >= 0.6 is 0 Å². The number of benzene rings is 1. The van der Waals surface area contributed by atoms with E-state index in [9.17, 15) is 4.21 Å². The van der Waals surface area contributed by atoms with Gasteiger partial charge in [0.05, 0.1) is 0 Å². The molecule has 0 heterocycles. The summed E-state index contributed by atoms with van der Waals surface area (Å²) in [5.41, 5.74) is 2.43. The normalized spacial score (nSPS) is 14.5. The molecule has 0 aliphatic heterocycles. The first kappa shape index (κ1) is 14.4. The molecule has 1 aromatic carbocycles. The molecule has 0 radical (unpaired) electrons. The van der Waals surface area contributed by atoms with Crippen molar-refractivity contribution in [2.75, 3.05) is 12.3 Å². The first-order valence-corrected chi connectivity index (χ1v) is 7.75. The fourth-order valence-corrected chi connectivity index (χ4v) is 3.20. The Bertz CT molecular complexity index is 365. The lowest BCUT2D eigenvalue weighted by atomic mass is 10.1. The van der Waals surface area contributed by atoms with Crippen LogP contribution in [-0.4, -0.2) is 22.5 Å². The van der Waals surface area contributed by atoms with Gasteiger partial charge in [0.25, 0.3) is 0 Å². The van der Waals surface area contributed by atoms with E-state index in [2.05, 4.69) is 38.2 Å². The molecular formula is C14H23NOS. The third-order valence-electron chi connectivity index (χ3n) is 2.76. The van der Waals surface area contributed by atoms with Gasteiger partial charge in [-0.15, -0.1) is 0 Å². The van der Waals surface area contributed by atoms with Crippen molar-refractivity contribution in [2.24, 2.45) is 0 Å². The molecule has 3 heteroatoms. The van der Waals surface area contributed by atoms with E-state index in [0.29, 0.717) is 11.8 Å². The number of aryl methyl sites for hydroxylation is 1. The summed E-state index contributed by atoms with van der Waals surface area (Å²) < 4.78 is 12.0. The molecule has 0 bridgehead atoms. The number of hydrogen-bond donors (Lipinski definition) is 1. The van der Waals surface area contributed by atoms with Gasteiger partial charge in [-0.3, -0.25) is 4.21 Å². The van der Waals surface area contributed by atoms with Gasteiger partial charge in [-0.1, -0.05) is 31.2 Å². The third kappa shape index (κ3) is 5.46. The minimum absolute atomic E-state index is 0.333. The van der Waals surface area contributed by atoms with Crippen LogP contribution in [0, 0.1) is 6.92 Å². The molecule has 0 saturated heterocycles. The van der Waals surface area contributed by atoms with Crippen LogP contribution in [0.15, 0.2) is 24.3 Å². The largest absolute Gasteiger partial charge is 0.313 e. The van der Waals surface area contributed by atoms with Crippen LogP contribution in [0.3, 0.4) is 0 Å². The van der Waals surface area contributed by atoms with Crippen molar-refractivity contribution in [2.45, 2.75) is 39.0 Å². The van der Waals surface area contributed by atoms with Crippen LogP contribution < -0.4 is 5.32 Å². The minimum Gasteiger partial charge on any atom is -0.313 e. The van der Waals surface area contributed by atoms with E-state index in [1.54, 1.807) is 0 Å². The highest BCUT2D eigenvalue weighted by atomic mass is 32.2. The molecule has 2 atom stereocenters. The van der Waals surface area contributed by atoms with E-state index in [4.69, 9.17) is 0 Å². The Hall–Kier alpha value is -0.670. The third-order valence-corrected chi connectivity index (χ3v) is 4.26. The van der Waals surface area contributed by atoms with E-state index in [1.165, 1.54) is 11.1 Å². The zero-order chi connectivity index (χ0) is 12.7. The monoisotopic (exact) mass is 253 g/mol. The molecular weight excluding hydrogens is 230 g/mol.